The largest absolute Gasteiger partial charge is 0.497 e. The molecule has 2 aromatic rings. The number of benzene rings is 2. The van der Waals surface area contributed by atoms with Crippen LogP contribution in [0.5, 0.6) is 11.5 Å². The molecule has 0 aliphatic heterocycles. The number of aliphatic hydroxyl groups excluding tert-OH is 1. The summed E-state index contributed by atoms with van der Waals surface area (Å²) in [6.07, 6.45) is -5.37. The van der Waals surface area contributed by atoms with Gasteiger partial charge in [0.1, 0.15) is 24.2 Å². The molecule has 0 aliphatic carbocycles. The maximum absolute atomic E-state index is 12.1. The van der Waals surface area contributed by atoms with Crippen molar-refractivity contribution in [3.05, 3.63) is 59.2 Å². The minimum Gasteiger partial charge on any atom is -0.497 e. The molecule has 1 atom stereocenters. The van der Waals surface area contributed by atoms with Gasteiger partial charge in [-0.3, -0.25) is 0 Å². The van der Waals surface area contributed by atoms with E-state index in [1.807, 2.05) is 0 Å². The number of amides is 2. The zero-order chi connectivity index (χ0) is 22.9. The monoisotopic (exact) mass is 442 g/mol. The van der Waals surface area contributed by atoms with Gasteiger partial charge in [0.25, 0.3) is 0 Å². The standard InChI is InChI=1S/C21H25F3N2O5/c1-29-16-7-8-19(30-2)17(9-16)18(27)11-26-20(28)25-10-14-3-5-15(6-4-14)12-31-13-21(22,23)24/h3-9,18,27H,10-13H2,1-2H3,(H2,25,26,28). The Morgan fingerprint density at radius 3 is 2.32 bits per heavy atom. The second-order valence-electron chi connectivity index (χ2n) is 6.61. The third-order valence-corrected chi connectivity index (χ3v) is 4.26. The molecule has 2 amide bonds. The van der Waals surface area contributed by atoms with E-state index < -0.39 is 24.9 Å². The van der Waals surface area contributed by atoms with Crippen LogP contribution in [0.15, 0.2) is 42.5 Å². The number of nitrogens with one attached hydrogen (secondary N) is 2. The van der Waals surface area contributed by atoms with Crippen LogP contribution in [0.25, 0.3) is 0 Å². The molecule has 1 unspecified atom stereocenters. The summed E-state index contributed by atoms with van der Waals surface area (Å²) >= 11 is 0. The third kappa shape index (κ3) is 8.35. The minimum atomic E-state index is -4.36. The molecule has 0 saturated carbocycles. The van der Waals surface area contributed by atoms with E-state index in [1.165, 1.54) is 14.2 Å². The van der Waals surface area contributed by atoms with Crippen molar-refractivity contribution in [3.8, 4) is 11.5 Å². The summed E-state index contributed by atoms with van der Waals surface area (Å²) in [5.74, 6) is 1.02. The van der Waals surface area contributed by atoms with Crippen molar-refractivity contribution in [2.75, 3.05) is 27.4 Å². The van der Waals surface area contributed by atoms with E-state index >= 15 is 0 Å². The van der Waals surface area contributed by atoms with Gasteiger partial charge >= 0.3 is 12.2 Å². The highest BCUT2D eigenvalue weighted by molar-refractivity contribution is 5.73. The van der Waals surface area contributed by atoms with E-state index in [-0.39, 0.29) is 19.7 Å². The lowest BCUT2D eigenvalue weighted by Crippen LogP contribution is -2.37. The summed E-state index contributed by atoms with van der Waals surface area (Å²) < 4.78 is 51.2. The molecule has 170 valence electrons. The second kappa shape index (κ2) is 11.4. The molecule has 2 aromatic carbocycles. The molecular formula is C21H25F3N2O5. The van der Waals surface area contributed by atoms with E-state index in [9.17, 15) is 23.1 Å². The molecule has 0 fully saturated rings. The van der Waals surface area contributed by atoms with Crippen molar-refractivity contribution in [1.82, 2.24) is 10.6 Å². The van der Waals surface area contributed by atoms with Crippen molar-refractivity contribution < 1.29 is 37.3 Å². The van der Waals surface area contributed by atoms with Gasteiger partial charge in [0.15, 0.2) is 0 Å². The highest BCUT2D eigenvalue weighted by Crippen LogP contribution is 2.29. The Balaban J connectivity index is 1.78. The van der Waals surface area contributed by atoms with Gasteiger partial charge in [0.05, 0.1) is 20.8 Å². The number of alkyl halides is 3. The summed E-state index contributed by atoms with van der Waals surface area (Å²) in [6.45, 7) is -1.30. The first-order valence-corrected chi connectivity index (χ1v) is 9.36. The SMILES string of the molecule is COc1ccc(OC)c(C(O)CNC(=O)NCc2ccc(COCC(F)(F)F)cc2)c1. The number of hydrogen-bond donors (Lipinski definition) is 3. The first kappa shape index (κ1) is 24.3. The maximum atomic E-state index is 12.1. The Morgan fingerprint density at radius 2 is 1.71 bits per heavy atom. The molecule has 0 aromatic heterocycles. The van der Waals surface area contributed by atoms with Gasteiger partial charge in [-0.2, -0.15) is 13.2 Å². The normalized spacial score (nSPS) is 12.2. The molecule has 0 spiro atoms. The number of urea groups is 1. The zero-order valence-corrected chi connectivity index (χ0v) is 17.2. The summed E-state index contributed by atoms with van der Waals surface area (Å²) in [5.41, 5.74) is 1.82. The van der Waals surface area contributed by atoms with E-state index in [1.54, 1.807) is 42.5 Å². The molecule has 0 radical (unpaired) electrons. The predicted molar refractivity (Wildman–Crippen MR) is 107 cm³/mol. The van der Waals surface area contributed by atoms with Crippen molar-refractivity contribution in [2.45, 2.75) is 25.4 Å². The van der Waals surface area contributed by atoms with Gasteiger partial charge in [0.2, 0.25) is 0 Å². The molecule has 7 nitrogen and oxygen atoms in total. The summed E-state index contributed by atoms with van der Waals surface area (Å²) in [5, 5.41) is 15.6. The van der Waals surface area contributed by atoms with Crippen molar-refractivity contribution in [3.63, 3.8) is 0 Å². The Morgan fingerprint density at radius 1 is 1.03 bits per heavy atom. The average molecular weight is 442 g/mol. The topological polar surface area (TPSA) is 89.0 Å². The summed E-state index contributed by atoms with van der Waals surface area (Å²) in [7, 11) is 2.98. The quantitative estimate of drug-likeness (QED) is 0.525. The summed E-state index contributed by atoms with van der Waals surface area (Å²) in [4.78, 5) is 12.0. The van der Waals surface area contributed by atoms with Gasteiger partial charge in [-0.15, -0.1) is 0 Å². The summed E-state index contributed by atoms with van der Waals surface area (Å²) in [6, 6.07) is 11.1. The van der Waals surface area contributed by atoms with E-state index in [0.717, 1.165) is 5.56 Å². The number of rotatable bonds is 10. The van der Waals surface area contributed by atoms with Crippen molar-refractivity contribution >= 4 is 6.03 Å². The van der Waals surface area contributed by atoms with Crippen LogP contribution in [-0.4, -0.2) is 44.7 Å². The number of halogens is 3. The third-order valence-electron chi connectivity index (χ3n) is 4.26. The van der Waals surface area contributed by atoms with Gasteiger partial charge in [-0.05, 0) is 29.3 Å². The van der Waals surface area contributed by atoms with Crippen molar-refractivity contribution in [2.24, 2.45) is 0 Å². The van der Waals surface area contributed by atoms with Crippen LogP contribution in [0, 0.1) is 0 Å². The number of ether oxygens (including phenoxy) is 3. The molecule has 0 aliphatic rings. The van der Waals surface area contributed by atoms with E-state index in [2.05, 4.69) is 15.4 Å². The predicted octanol–water partition coefficient (Wildman–Crippen LogP) is 3.32. The molecular weight excluding hydrogens is 417 g/mol. The number of carbonyl (C=O) groups is 1. The number of carbonyl (C=O) groups excluding carboxylic acids is 1. The van der Waals surface area contributed by atoms with Gasteiger partial charge in [-0.1, -0.05) is 24.3 Å². The highest BCUT2D eigenvalue weighted by atomic mass is 19.4. The van der Waals surface area contributed by atoms with Gasteiger partial charge in [0, 0.05) is 18.7 Å². The van der Waals surface area contributed by atoms with Gasteiger partial charge in [-0.25, -0.2) is 4.79 Å². The van der Waals surface area contributed by atoms with Crippen LogP contribution in [0.3, 0.4) is 0 Å². The van der Waals surface area contributed by atoms with Gasteiger partial charge < -0.3 is 30.0 Å². The maximum Gasteiger partial charge on any atom is 0.411 e. The lowest BCUT2D eigenvalue weighted by atomic mass is 10.1. The molecule has 31 heavy (non-hydrogen) atoms. The minimum absolute atomic E-state index is 0.0508. The van der Waals surface area contributed by atoms with E-state index in [0.29, 0.717) is 22.6 Å². The Bertz CT molecular complexity index is 844. The van der Waals surface area contributed by atoms with Crippen LogP contribution in [0.2, 0.25) is 0 Å². The van der Waals surface area contributed by atoms with Crippen LogP contribution >= 0.6 is 0 Å². The fourth-order valence-corrected chi connectivity index (χ4v) is 2.68. The van der Waals surface area contributed by atoms with Crippen LogP contribution < -0.4 is 20.1 Å². The Labute approximate surface area is 178 Å². The molecule has 0 saturated heterocycles. The lowest BCUT2D eigenvalue weighted by Gasteiger charge is -2.17. The first-order valence-electron chi connectivity index (χ1n) is 9.36. The smallest absolute Gasteiger partial charge is 0.411 e. The van der Waals surface area contributed by atoms with Crippen molar-refractivity contribution in [1.29, 1.82) is 0 Å². The van der Waals surface area contributed by atoms with E-state index in [4.69, 9.17) is 9.47 Å². The van der Waals surface area contributed by atoms with Crippen LogP contribution in [-0.2, 0) is 17.9 Å². The average Bonchev–Trinajstić information content (AvgIpc) is 2.75. The fraction of sp³-hybridized carbons (Fsp3) is 0.381. The molecule has 0 heterocycles. The molecule has 0 bridgehead atoms. The highest BCUT2D eigenvalue weighted by Gasteiger charge is 2.27. The number of aliphatic hydroxyl groups is 1. The Hall–Kier alpha value is -2.98. The van der Waals surface area contributed by atoms with Crippen LogP contribution in [0.1, 0.15) is 22.8 Å². The first-order chi connectivity index (χ1) is 14.7. The molecule has 10 heteroatoms. The number of methoxy groups -OCH3 is 2. The fourth-order valence-electron chi connectivity index (χ4n) is 2.68. The second-order valence-corrected chi connectivity index (χ2v) is 6.61. The number of hydrogen-bond acceptors (Lipinski definition) is 5. The Kier molecular flexibility index (Phi) is 8.95. The molecule has 2 rings (SSSR count). The molecule has 3 N–H and O–H groups in total. The zero-order valence-electron chi connectivity index (χ0n) is 17.2. The van der Waals surface area contributed by atoms with Crippen LogP contribution in [0.4, 0.5) is 18.0 Å². The lowest BCUT2D eigenvalue weighted by molar-refractivity contribution is -0.176.